The largest absolute Gasteiger partial charge is 0.479 e. The van der Waals surface area contributed by atoms with Gasteiger partial charge in [-0.3, -0.25) is 0 Å². The Bertz CT molecular complexity index is 550. The third-order valence-corrected chi connectivity index (χ3v) is 3.29. The zero-order valence-electron chi connectivity index (χ0n) is 10.6. The molecule has 0 saturated carbocycles. The zero-order valence-corrected chi connectivity index (χ0v) is 10.6. The van der Waals surface area contributed by atoms with Crippen LogP contribution in [0.3, 0.4) is 0 Å². The number of aliphatic carboxylic acids is 1. The minimum atomic E-state index is -4.46. The SMILES string of the molecule is O=C1N2CC(N3C=COC3)=CC(C2)N1OC(F)(F)C(=O)O. The van der Waals surface area contributed by atoms with E-state index in [2.05, 4.69) is 4.84 Å². The molecule has 1 fully saturated rings. The number of carbonyl (C=O) groups excluding carboxylic acids is 1. The molecular formula is C11H11F2N3O5. The number of carboxylic acid groups (broad SMARTS) is 1. The first-order valence-electron chi connectivity index (χ1n) is 6.02. The summed E-state index contributed by atoms with van der Waals surface area (Å²) in [5, 5.41) is 8.78. The van der Waals surface area contributed by atoms with Crippen LogP contribution in [0.4, 0.5) is 13.6 Å². The van der Waals surface area contributed by atoms with Crippen molar-refractivity contribution >= 4 is 12.0 Å². The number of alkyl halides is 2. The first-order valence-corrected chi connectivity index (χ1v) is 6.02. The van der Waals surface area contributed by atoms with Crippen molar-refractivity contribution in [3.05, 3.63) is 24.2 Å². The molecule has 2 bridgehead atoms. The van der Waals surface area contributed by atoms with Gasteiger partial charge in [0.05, 0.1) is 12.6 Å². The van der Waals surface area contributed by atoms with E-state index in [1.807, 2.05) is 0 Å². The van der Waals surface area contributed by atoms with Crippen molar-refractivity contribution in [3.8, 4) is 0 Å². The van der Waals surface area contributed by atoms with Gasteiger partial charge in [-0.1, -0.05) is 0 Å². The standard InChI is InChI=1S/C11H11F2N3O5/c12-11(13,9(17)18)21-16-8-3-7(14-1-2-20-6-14)4-15(5-8)10(16)19/h1-3,8H,4-6H2,(H,17,18). The fraction of sp³-hybridized carbons (Fsp3) is 0.455. The van der Waals surface area contributed by atoms with Gasteiger partial charge >= 0.3 is 18.1 Å². The number of ether oxygens (including phenoxy) is 1. The van der Waals surface area contributed by atoms with E-state index in [9.17, 15) is 18.4 Å². The Labute approximate surface area is 117 Å². The quantitative estimate of drug-likeness (QED) is 0.807. The third kappa shape index (κ3) is 2.27. The molecule has 8 nitrogen and oxygen atoms in total. The van der Waals surface area contributed by atoms with Gasteiger partial charge in [0.15, 0.2) is 6.73 Å². The highest BCUT2D eigenvalue weighted by Crippen LogP contribution is 2.30. The maximum atomic E-state index is 13.1. The van der Waals surface area contributed by atoms with Gasteiger partial charge in [0, 0.05) is 18.4 Å². The molecule has 3 rings (SSSR count). The van der Waals surface area contributed by atoms with Gasteiger partial charge in [0.1, 0.15) is 6.26 Å². The van der Waals surface area contributed by atoms with E-state index in [0.717, 1.165) is 0 Å². The molecule has 3 aliphatic heterocycles. The summed E-state index contributed by atoms with van der Waals surface area (Å²) in [6.07, 6.45) is 0.248. The van der Waals surface area contributed by atoms with Crippen molar-refractivity contribution < 1.29 is 33.1 Å². The molecule has 1 N–H and O–H groups in total. The van der Waals surface area contributed by atoms with Crippen LogP contribution in [0.15, 0.2) is 24.2 Å². The maximum absolute atomic E-state index is 13.1. The number of fused-ring (bicyclic) bond motifs is 2. The van der Waals surface area contributed by atoms with Crippen LogP contribution >= 0.6 is 0 Å². The lowest BCUT2D eigenvalue weighted by Gasteiger charge is -2.26. The minimum absolute atomic E-state index is 0.163. The molecule has 3 aliphatic rings. The van der Waals surface area contributed by atoms with E-state index in [0.29, 0.717) is 10.8 Å². The van der Waals surface area contributed by atoms with Crippen LogP contribution < -0.4 is 0 Å². The summed E-state index contributed by atoms with van der Waals surface area (Å²) < 4.78 is 31.3. The highest BCUT2D eigenvalue weighted by molar-refractivity contribution is 5.78. The molecule has 0 aliphatic carbocycles. The summed E-state index contributed by atoms with van der Waals surface area (Å²) in [5.41, 5.74) is 0.693. The van der Waals surface area contributed by atoms with Crippen LogP contribution in [-0.2, 0) is 14.4 Å². The Balaban J connectivity index is 1.79. The van der Waals surface area contributed by atoms with E-state index >= 15 is 0 Å². The number of hydrogen-bond donors (Lipinski definition) is 1. The number of rotatable bonds is 4. The Morgan fingerprint density at radius 3 is 2.90 bits per heavy atom. The van der Waals surface area contributed by atoms with Crippen molar-refractivity contribution in [2.45, 2.75) is 12.2 Å². The van der Waals surface area contributed by atoms with Crippen LogP contribution in [0.1, 0.15) is 0 Å². The van der Waals surface area contributed by atoms with Crippen molar-refractivity contribution in [1.29, 1.82) is 0 Å². The molecule has 0 aromatic rings. The molecule has 1 saturated heterocycles. The van der Waals surface area contributed by atoms with Gasteiger partial charge in [-0.25, -0.2) is 9.59 Å². The molecule has 3 heterocycles. The van der Waals surface area contributed by atoms with Gasteiger partial charge in [-0.2, -0.15) is 18.7 Å². The summed E-state index contributed by atoms with van der Waals surface area (Å²) in [4.78, 5) is 29.5. The topological polar surface area (TPSA) is 82.5 Å². The van der Waals surface area contributed by atoms with Gasteiger partial charge in [0.25, 0.3) is 0 Å². The Morgan fingerprint density at radius 1 is 1.52 bits per heavy atom. The predicted molar refractivity (Wildman–Crippen MR) is 61.3 cm³/mol. The van der Waals surface area contributed by atoms with Crippen LogP contribution in [-0.4, -0.2) is 63.9 Å². The number of carboxylic acids is 1. The van der Waals surface area contributed by atoms with Crippen LogP contribution in [0.5, 0.6) is 0 Å². The summed E-state index contributed by atoms with van der Waals surface area (Å²) in [5.74, 6) is -2.45. The number of amides is 2. The van der Waals surface area contributed by atoms with Gasteiger partial charge in [-0.15, -0.1) is 0 Å². The second kappa shape index (κ2) is 4.58. The lowest BCUT2D eigenvalue weighted by atomic mass is 10.2. The molecule has 0 aromatic heterocycles. The summed E-state index contributed by atoms with van der Waals surface area (Å²) >= 11 is 0. The number of halogens is 2. The normalized spacial score (nSPS) is 24.5. The third-order valence-electron chi connectivity index (χ3n) is 3.29. The molecule has 1 atom stereocenters. The zero-order chi connectivity index (χ0) is 15.2. The number of hydrogen-bond acceptors (Lipinski definition) is 5. The molecular weight excluding hydrogens is 292 g/mol. The lowest BCUT2D eigenvalue weighted by Crippen LogP contribution is -2.43. The number of urea groups is 1. The second-order valence-electron chi connectivity index (χ2n) is 4.68. The number of hydroxylamine groups is 2. The Hall–Kier alpha value is -2.36. The van der Waals surface area contributed by atoms with Crippen LogP contribution in [0, 0.1) is 0 Å². The molecule has 2 amide bonds. The fourth-order valence-corrected chi connectivity index (χ4v) is 2.30. The predicted octanol–water partition coefficient (Wildman–Crippen LogP) is 0.360. The average Bonchev–Trinajstić information content (AvgIpc) is 3.03. The summed E-state index contributed by atoms with van der Waals surface area (Å²) in [6, 6.07) is -1.57. The smallest absolute Gasteiger partial charge is 0.476 e. The molecule has 0 spiro atoms. The summed E-state index contributed by atoms with van der Waals surface area (Å²) in [7, 11) is 0. The van der Waals surface area contributed by atoms with E-state index in [1.165, 1.54) is 11.2 Å². The van der Waals surface area contributed by atoms with Crippen LogP contribution in [0.2, 0.25) is 0 Å². The van der Waals surface area contributed by atoms with Gasteiger partial charge in [-0.05, 0) is 6.08 Å². The Morgan fingerprint density at radius 2 is 2.29 bits per heavy atom. The van der Waals surface area contributed by atoms with E-state index in [1.54, 1.807) is 17.2 Å². The van der Waals surface area contributed by atoms with Crippen molar-refractivity contribution in [2.75, 3.05) is 19.8 Å². The minimum Gasteiger partial charge on any atom is -0.479 e. The van der Waals surface area contributed by atoms with E-state index in [-0.39, 0.29) is 19.8 Å². The number of carbonyl (C=O) groups is 2. The highest BCUT2D eigenvalue weighted by atomic mass is 19.3. The molecule has 0 aromatic carbocycles. The van der Waals surface area contributed by atoms with E-state index in [4.69, 9.17) is 9.84 Å². The molecule has 10 heteroatoms. The monoisotopic (exact) mass is 303 g/mol. The highest BCUT2D eigenvalue weighted by Gasteiger charge is 2.50. The van der Waals surface area contributed by atoms with Crippen LogP contribution in [0.25, 0.3) is 0 Å². The maximum Gasteiger partial charge on any atom is 0.476 e. The molecule has 114 valence electrons. The average molecular weight is 303 g/mol. The molecule has 0 radical (unpaired) electrons. The molecule has 21 heavy (non-hydrogen) atoms. The first-order chi connectivity index (χ1) is 9.88. The van der Waals surface area contributed by atoms with Crippen molar-refractivity contribution in [1.82, 2.24) is 14.9 Å². The lowest BCUT2D eigenvalue weighted by molar-refractivity contribution is -0.324. The van der Waals surface area contributed by atoms with Gasteiger partial charge < -0.3 is 19.6 Å². The van der Waals surface area contributed by atoms with Crippen molar-refractivity contribution in [3.63, 3.8) is 0 Å². The van der Waals surface area contributed by atoms with Crippen molar-refractivity contribution in [2.24, 2.45) is 0 Å². The Kier molecular flexibility index (Phi) is 2.97. The second-order valence-corrected chi connectivity index (χ2v) is 4.68. The number of nitrogens with zero attached hydrogens (tertiary/aromatic N) is 3. The summed E-state index contributed by atoms with van der Waals surface area (Å²) in [6.45, 7) is 0.644. The first kappa shape index (κ1) is 13.6. The van der Waals surface area contributed by atoms with Gasteiger partial charge in [0.2, 0.25) is 0 Å². The fourth-order valence-electron chi connectivity index (χ4n) is 2.30. The molecule has 1 unspecified atom stereocenters. The van der Waals surface area contributed by atoms with E-state index < -0.39 is 24.2 Å².